The van der Waals surface area contributed by atoms with Crippen molar-refractivity contribution >= 4 is 54.9 Å². The average Bonchev–Trinajstić information content (AvgIpc) is 3.60. The van der Waals surface area contributed by atoms with Crippen LogP contribution in [0, 0.1) is 5.92 Å². The van der Waals surface area contributed by atoms with Crippen LogP contribution in [0.1, 0.15) is 114 Å². The van der Waals surface area contributed by atoms with Gasteiger partial charge in [-0.3, -0.25) is 14.6 Å². The molecule has 2 N–H and O–H groups in total. The summed E-state index contributed by atoms with van der Waals surface area (Å²) in [5.74, 6) is 0.542. The van der Waals surface area contributed by atoms with E-state index in [0.717, 1.165) is 79.2 Å². The number of hydrogen-bond acceptors (Lipinski definition) is 8. The predicted molar refractivity (Wildman–Crippen MR) is 210 cm³/mol. The van der Waals surface area contributed by atoms with Crippen molar-refractivity contribution in [1.82, 2.24) is 0 Å². The minimum absolute atomic E-state index is 0.00430. The largest absolute Gasteiger partial charge is 0.507 e. The van der Waals surface area contributed by atoms with Crippen LogP contribution in [0.25, 0.3) is 49.2 Å². The number of hydrogen-bond donors (Lipinski definition) is 2. The first-order valence-corrected chi connectivity index (χ1v) is 19.2. The Morgan fingerprint density at radius 3 is 1.79 bits per heavy atom. The lowest BCUT2D eigenvalue weighted by Gasteiger charge is -2.27. The lowest BCUT2D eigenvalue weighted by Crippen LogP contribution is -2.17. The van der Waals surface area contributed by atoms with Gasteiger partial charge in [0.1, 0.15) is 17.2 Å². The molecule has 0 bridgehead atoms. The van der Waals surface area contributed by atoms with Crippen molar-refractivity contribution in [3.8, 4) is 28.7 Å². The smallest absolute Gasteiger partial charge is 0.194 e. The molecule has 52 heavy (non-hydrogen) atoms. The van der Waals surface area contributed by atoms with E-state index in [4.69, 9.17) is 19.2 Å². The third-order valence-electron chi connectivity index (χ3n) is 12.4. The third-order valence-corrected chi connectivity index (χ3v) is 12.4. The van der Waals surface area contributed by atoms with Crippen LogP contribution < -0.4 is 25.1 Å². The van der Waals surface area contributed by atoms with Gasteiger partial charge in [0.05, 0.1) is 32.1 Å². The number of nitrogens with zero attached hydrogens (tertiary/aromatic N) is 1. The quantitative estimate of drug-likeness (QED) is 0.0751. The number of rotatable bonds is 7. The number of phenols is 2. The summed E-state index contributed by atoms with van der Waals surface area (Å²) in [5, 5.41) is 28.6. The average molecular weight is 704 g/mol. The second kappa shape index (κ2) is 13.4. The van der Waals surface area contributed by atoms with Crippen LogP contribution >= 0.6 is 0 Å². The van der Waals surface area contributed by atoms with E-state index in [1.165, 1.54) is 59.1 Å². The molecular formula is C44H49NO7. The predicted octanol–water partition coefficient (Wildman–Crippen LogP) is 9.53. The second-order valence-electron chi connectivity index (χ2n) is 15.5. The first-order chi connectivity index (χ1) is 25.2. The van der Waals surface area contributed by atoms with Gasteiger partial charge >= 0.3 is 0 Å². The molecule has 8 nitrogen and oxygen atoms in total. The van der Waals surface area contributed by atoms with Gasteiger partial charge in [-0.05, 0) is 55.4 Å². The van der Waals surface area contributed by atoms with Gasteiger partial charge in [-0.2, -0.15) is 0 Å². The number of methoxy groups -OCH3 is 3. The van der Waals surface area contributed by atoms with Crippen LogP contribution in [-0.2, 0) is 6.42 Å². The summed E-state index contributed by atoms with van der Waals surface area (Å²) in [6.45, 7) is 4.15. The summed E-state index contributed by atoms with van der Waals surface area (Å²) >= 11 is 0. The minimum Gasteiger partial charge on any atom is -0.507 e. The van der Waals surface area contributed by atoms with Gasteiger partial charge in [0.15, 0.2) is 22.4 Å². The zero-order valence-corrected chi connectivity index (χ0v) is 31.0. The molecule has 3 aliphatic carbocycles. The maximum atomic E-state index is 14.2. The Labute approximate surface area is 303 Å². The van der Waals surface area contributed by atoms with Crippen molar-refractivity contribution in [3.63, 3.8) is 0 Å². The maximum Gasteiger partial charge on any atom is 0.194 e. The zero-order chi connectivity index (χ0) is 36.4. The highest BCUT2D eigenvalue weighted by Crippen LogP contribution is 2.58. The normalized spacial score (nSPS) is 19.4. The first kappa shape index (κ1) is 34.5. The Kier molecular flexibility index (Phi) is 8.91. The van der Waals surface area contributed by atoms with E-state index in [1.54, 1.807) is 0 Å². The van der Waals surface area contributed by atoms with E-state index in [2.05, 4.69) is 19.9 Å². The molecule has 1 atom stereocenters. The van der Waals surface area contributed by atoms with Crippen molar-refractivity contribution in [2.75, 3.05) is 21.3 Å². The van der Waals surface area contributed by atoms with Crippen molar-refractivity contribution < 1.29 is 24.4 Å². The number of allylic oxidation sites excluding steroid dienone is 1. The fourth-order valence-electron chi connectivity index (χ4n) is 10.2. The summed E-state index contributed by atoms with van der Waals surface area (Å²) in [4.78, 5) is 33.7. The first-order valence-electron chi connectivity index (χ1n) is 19.2. The zero-order valence-electron chi connectivity index (χ0n) is 31.0. The molecule has 0 amide bonds. The van der Waals surface area contributed by atoms with Crippen molar-refractivity contribution in [3.05, 3.63) is 54.8 Å². The number of phenolic OH excluding ortho intramolecular Hbond substituents is 2. The van der Waals surface area contributed by atoms with Gasteiger partial charge < -0.3 is 24.4 Å². The van der Waals surface area contributed by atoms with Gasteiger partial charge in [0.2, 0.25) is 0 Å². The van der Waals surface area contributed by atoms with E-state index in [9.17, 15) is 19.8 Å². The molecule has 2 saturated carbocycles. The number of fused-ring (bicyclic) bond motifs is 1. The Morgan fingerprint density at radius 1 is 0.692 bits per heavy atom. The van der Waals surface area contributed by atoms with Crippen LogP contribution in [0.15, 0.2) is 32.3 Å². The number of benzene rings is 5. The summed E-state index contributed by atoms with van der Waals surface area (Å²) in [6.07, 6.45) is 16.4. The van der Waals surface area contributed by atoms with Gasteiger partial charge in [-0.1, -0.05) is 75.9 Å². The SMILES string of the molecule is COc1c(O)c2c(=O)cc(OC)c3c4c(OC)cc(=O)c5c(O)c(CC6CCCCCC6)c6c(c(c1C(C(C)=NC1CCCCCC1)C(C)=C6)c23)c54. The molecule has 5 aromatic carbocycles. The summed E-state index contributed by atoms with van der Waals surface area (Å²) in [5.41, 5.74) is 3.44. The molecule has 8 heteroatoms. The highest BCUT2D eigenvalue weighted by molar-refractivity contribution is 6.39. The molecule has 3 aliphatic rings. The molecule has 0 aromatic heterocycles. The molecular weight excluding hydrogens is 654 g/mol. The van der Waals surface area contributed by atoms with E-state index in [0.29, 0.717) is 56.3 Å². The van der Waals surface area contributed by atoms with E-state index in [-0.39, 0.29) is 39.5 Å². The Hall–Kier alpha value is -4.59. The molecule has 0 heterocycles. The highest BCUT2D eigenvalue weighted by atomic mass is 16.5. The lowest BCUT2D eigenvalue weighted by atomic mass is 9.79. The summed E-state index contributed by atoms with van der Waals surface area (Å²) in [7, 11) is 4.55. The van der Waals surface area contributed by atoms with E-state index < -0.39 is 11.3 Å². The van der Waals surface area contributed by atoms with Gasteiger partial charge in [0.25, 0.3) is 0 Å². The summed E-state index contributed by atoms with van der Waals surface area (Å²) < 4.78 is 18.0. The molecule has 0 saturated heterocycles. The molecule has 0 aliphatic heterocycles. The standard InChI is InChI=1S/C44H49NO7/c1-22-18-26-27(19-24-14-10-6-7-11-15-24)42(48)34-28(46)20-30(50-3)36-37-31(51-4)21-29(47)35-40(37)39(33(26)38(34)36)41(44(52-5)43(35)49)32(22)23(2)45-25-16-12-8-9-13-17-25/h18,20-21,24-25,32,48-49H,6-17,19H2,1-5H3. The van der Waals surface area contributed by atoms with Crippen molar-refractivity contribution in [2.45, 2.75) is 109 Å². The molecule has 0 spiro atoms. The van der Waals surface area contributed by atoms with Crippen LogP contribution in [0.4, 0.5) is 0 Å². The fraction of sp³-hybridized carbons (Fsp3) is 0.477. The third kappa shape index (κ3) is 5.19. The van der Waals surface area contributed by atoms with Gasteiger partial charge in [-0.25, -0.2) is 0 Å². The molecule has 8 rings (SSSR count). The Morgan fingerprint density at radius 2 is 1.23 bits per heavy atom. The number of aromatic hydroxyl groups is 2. The van der Waals surface area contributed by atoms with Crippen molar-refractivity contribution in [1.29, 1.82) is 0 Å². The maximum absolute atomic E-state index is 14.2. The number of aliphatic imine (C=N–C) groups is 1. The van der Waals surface area contributed by atoms with Crippen LogP contribution in [-0.4, -0.2) is 43.3 Å². The topological polar surface area (TPSA) is 115 Å². The molecule has 272 valence electrons. The fourth-order valence-corrected chi connectivity index (χ4v) is 10.2. The van der Waals surface area contributed by atoms with E-state index >= 15 is 0 Å². The Balaban J connectivity index is 1.63. The van der Waals surface area contributed by atoms with E-state index in [1.807, 2.05) is 0 Å². The summed E-state index contributed by atoms with van der Waals surface area (Å²) in [6, 6.07) is 2.99. The van der Waals surface area contributed by atoms with Gasteiger partial charge in [-0.15, -0.1) is 0 Å². The van der Waals surface area contributed by atoms with Crippen LogP contribution in [0.2, 0.25) is 0 Å². The molecule has 5 aromatic rings. The molecule has 0 radical (unpaired) electrons. The second-order valence-corrected chi connectivity index (χ2v) is 15.5. The van der Waals surface area contributed by atoms with Crippen LogP contribution in [0.3, 0.4) is 0 Å². The molecule has 2 fully saturated rings. The van der Waals surface area contributed by atoms with Crippen LogP contribution in [0.5, 0.6) is 28.7 Å². The van der Waals surface area contributed by atoms with Crippen molar-refractivity contribution in [2.24, 2.45) is 10.9 Å². The minimum atomic E-state index is -0.410. The number of ether oxygens (including phenoxy) is 3. The van der Waals surface area contributed by atoms with Gasteiger partial charge in [0, 0.05) is 62.5 Å². The highest BCUT2D eigenvalue weighted by Gasteiger charge is 2.37. The molecule has 1 unspecified atom stereocenters. The Bertz CT molecular complexity index is 2390. The monoisotopic (exact) mass is 703 g/mol. The lowest BCUT2D eigenvalue weighted by molar-refractivity contribution is 0.373.